The summed E-state index contributed by atoms with van der Waals surface area (Å²) in [4.78, 5) is 0. The molecule has 19 heavy (non-hydrogen) atoms. The molecular formula is C16H22BrNO. The van der Waals surface area contributed by atoms with Crippen LogP contribution in [0.15, 0.2) is 34.3 Å². The molecule has 0 unspecified atom stereocenters. The second kappa shape index (κ2) is 7.71. The van der Waals surface area contributed by atoms with Crippen molar-refractivity contribution in [2.24, 2.45) is 0 Å². The van der Waals surface area contributed by atoms with Crippen LogP contribution in [0.4, 0.5) is 0 Å². The number of hydrogen-bond donors (Lipinski definition) is 1. The lowest BCUT2D eigenvalue weighted by molar-refractivity contribution is 0.414. The lowest BCUT2D eigenvalue weighted by atomic mass is 9.97. The maximum absolute atomic E-state index is 5.25. The Morgan fingerprint density at radius 3 is 2.95 bits per heavy atom. The standard InChI is InChI=1S/C16H22BrNO/c1-19-15-7-8-16(17)14(11-15)12-18-10-9-13-5-3-2-4-6-13/h5,7-8,11,18H,2-4,6,9-10,12H2,1H3. The molecule has 0 bridgehead atoms. The molecule has 0 heterocycles. The van der Waals surface area contributed by atoms with Crippen LogP contribution in [0.1, 0.15) is 37.7 Å². The summed E-state index contributed by atoms with van der Waals surface area (Å²) in [6.07, 6.45) is 8.91. The van der Waals surface area contributed by atoms with Gasteiger partial charge in [-0.25, -0.2) is 0 Å². The Kier molecular flexibility index (Phi) is 5.93. The molecule has 0 saturated carbocycles. The minimum Gasteiger partial charge on any atom is -0.497 e. The highest BCUT2D eigenvalue weighted by Crippen LogP contribution is 2.23. The lowest BCUT2D eigenvalue weighted by Gasteiger charge is -2.13. The Balaban J connectivity index is 1.77. The van der Waals surface area contributed by atoms with Gasteiger partial charge in [0.1, 0.15) is 5.75 Å². The summed E-state index contributed by atoms with van der Waals surface area (Å²) >= 11 is 3.58. The molecule has 2 nitrogen and oxygen atoms in total. The van der Waals surface area contributed by atoms with Crippen molar-refractivity contribution in [2.75, 3.05) is 13.7 Å². The zero-order valence-corrected chi connectivity index (χ0v) is 13.1. The third-order valence-electron chi connectivity index (χ3n) is 3.58. The van der Waals surface area contributed by atoms with Gasteiger partial charge in [0, 0.05) is 11.0 Å². The molecular weight excluding hydrogens is 302 g/mol. The van der Waals surface area contributed by atoms with Crippen molar-refractivity contribution in [1.29, 1.82) is 0 Å². The van der Waals surface area contributed by atoms with Crippen LogP contribution in [0.25, 0.3) is 0 Å². The van der Waals surface area contributed by atoms with Crippen molar-refractivity contribution in [3.05, 3.63) is 39.9 Å². The van der Waals surface area contributed by atoms with Crippen LogP contribution < -0.4 is 10.1 Å². The predicted octanol–water partition coefficient (Wildman–Crippen LogP) is 4.44. The Labute approximate surface area is 124 Å². The first-order valence-corrected chi connectivity index (χ1v) is 7.80. The van der Waals surface area contributed by atoms with E-state index in [1.165, 1.54) is 37.7 Å². The van der Waals surface area contributed by atoms with E-state index in [1.807, 2.05) is 12.1 Å². The molecule has 1 aliphatic carbocycles. The number of nitrogens with one attached hydrogen (secondary N) is 1. The van der Waals surface area contributed by atoms with Gasteiger partial charge in [0.2, 0.25) is 0 Å². The summed E-state index contributed by atoms with van der Waals surface area (Å²) in [6.45, 7) is 1.93. The van der Waals surface area contributed by atoms with Gasteiger partial charge in [-0.2, -0.15) is 0 Å². The summed E-state index contributed by atoms with van der Waals surface area (Å²) in [5.74, 6) is 0.912. The van der Waals surface area contributed by atoms with Gasteiger partial charge < -0.3 is 10.1 Å². The van der Waals surface area contributed by atoms with Gasteiger partial charge in [0.15, 0.2) is 0 Å². The van der Waals surface area contributed by atoms with E-state index in [-0.39, 0.29) is 0 Å². The van der Waals surface area contributed by atoms with E-state index in [1.54, 1.807) is 12.7 Å². The summed E-state index contributed by atoms with van der Waals surface area (Å²) in [6, 6.07) is 6.09. The highest BCUT2D eigenvalue weighted by Gasteiger charge is 2.04. The zero-order chi connectivity index (χ0) is 13.5. The molecule has 3 heteroatoms. The van der Waals surface area contributed by atoms with Crippen LogP contribution in [0.2, 0.25) is 0 Å². The number of benzene rings is 1. The summed E-state index contributed by atoms with van der Waals surface area (Å²) in [5, 5.41) is 3.51. The van der Waals surface area contributed by atoms with Gasteiger partial charge in [-0.3, -0.25) is 0 Å². The van der Waals surface area contributed by atoms with Crippen LogP contribution in [0.3, 0.4) is 0 Å². The number of hydrogen-bond acceptors (Lipinski definition) is 2. The maximum Gasteiger partial charge on any atom is 0.119 e. The Bertz CT molecular complexity index is 442. The van der Waals surface area contributed by atoms with Crippen molar-refractivity contribution >= 4 is 15.9 Å². The molecule has 1 aliphatic rings. The van der Waals surface area contributed by atoms with Crippen molar-refractivity contribution in [3.8, 4) is 5.75 Å². The first-order chi connectivity index (χ1) is 9.29. The first kappa shape index (κ1) is 14.6. The number of methoxy groups -OCH3 is 1. The summed E-state index contributed by atoms with van der Waals surface area (Å²) in [7, 11) is 1.70. The Morgan fingerprint density at radius 1 is 1.32 bits per heavy atom. The molecule has 0 spiro atoms. The molecule has 2 rings (SSSR count). The van der Waals surface area contributed by atoms with E-state index < -0.39 is 0 Å². The first-order valence-electron chi connectivity index (χ1n) is 7.00. The number of rotatable bonds is 6. The average molecular weight is 324 g/mol. The highest BCUT2D eigenvalue weighted by molar-refractivity contribution is 9.10. The second-order valence-corrected chi connectivity index (χ2v) is 5.85. The second-order valence-electron chi connectivity index (χ2n) is 4.99. The fourth-order valence-electron chi connectivity index (χ4n) is 2.42. The summed E-state index contributed by atoms with van der Waals surface area (Å²) in [5.41, 5.74) is 2.88. The molecule has 0 radical (unpaired) electrons. The maximum atomic E-state index is 5.25. The van der Waals surface area contributed by atoms with E-state index in [2.05, 4.69) is 33.4 Å². The average Bonchev–Trinajstić information content (AvgIpc) is 2.46. The highest BCUT2D eigenvalue weighted by atomic mass is 79.9. The van der Waals surface area contributed by atoms with Crippen molar-refractivity contribution in [3.63, 3.8) is 0 Å². The van der Waals surface area contributed by atoms with Gasteiger partial charge in [-0.05, 0) is 62.4 Å². The topological polar surface area (TPSA) is 21.3 Å². The van der Waals surface area contributed by atoms with E-state index >= 15 is 0 Å². The van der Waals surface area contributed by atoms with Crippen LogP contribution >= 0.6 is 15.9 Å². The van der Waals surface area contributed by atoms with Crippen LogP contribution in [-0.2, 0) is 6.54 Å². The van der Waals surface area contributed by atoms with Crippen molar-refractivity contribution < 1.29 is 4.74 Å². The molecule has 0 aromatic heterocycles. The zero-order valence-electron chi connectivity index (χ0n) is 11.5. The fraction of sp³-hybridized carbons (Fsp3) is 0.500. The Hall–Kier alpha value is -0.800. The van der Waals surface area contributed by atoms with E-state index in [4.69, 9.17) is 4.74 Å². The molecule has 0 amide bonds. The molecule has 0 aliphatic heterocycles. The fourth-order valence-corrected chi connectivity index (χ4v) is 2.80. The normalized spacial score (nSPS) is 15.2. The van der Waals surface area contributed by atoms with Crippen LogP contribution in [0.5, 0.6) is 5.75 Å². The minimum atomic E-state index is 0.880. The molecule has 0 fully saturated rings. The minimum absolute atomic E-state index is 0.880. The molecule has 1 aromatic rings. The predicted molar refractivity (Wildman–Crippen MR) is 83.6 cm³/mol. The molecule has 1 N–H and O–H groups in total. The van der Waals surface area contributed by atoms with Gasteiger partial charge in [-0.1, -0.05) is 27.6 Å². The van der Waals surface area contributed by atoms with Crippen molar-refractivity contribution in [1.82, 2.24) is 5.32 Å². The van der Waals surface area contributed by atoms with Gasteiger partial charge in [0.05, 0.1) is 7.11 Å². The molecule has 104 valence electrons. The SMILES string of the molecule is COc1ccc(Br)c(CNCCC2=CCCCC2)c1. The third kappa shape index (κ3) is 4.66. The lowest BCUT2D eigenvalue weighted by Crippen LogP contribution is -2.16. The van der Waals surface area contributed by atoms with Gasteiger partial charge >= 0.3 is 0 Å². The van der Waals surface area contributed by atoms with Gasteiger partial charge in [0.25, 0.3) is 0 Å². The number of halogens is 1. The summed E-state index contributed by atoms with van der Waals surface area (Å²) < 4.78 is 6.39. The van der Waals surface area contributed by atoms with E-state index in [0.717, 1.165) is 23.3 Å². The Morgan fingerprint density at radius 2 is 2.21 bits per heavy atom. The largest absolute Gasteiger partial charge is 0.497 e. The van der Waals surface area contributed by atoms with E-state index in [9.17, 15) is 0 Å². The monoisotopic (exact) mass is 323 g/mol. The van der Waals surface area contributed by atoms with Gasteiger partial charge in [-0.15, -0.1) is 0 Å². The third-order valence-corrected chi connectivity index (χ3v) is 4.35. The molecule has 0 atom stereocenters. The number of ether oxygens (including phenoxy) is 1. The molecule has 0 saturated heterocycles. The van der Waals surface area contributed by atoms with Crippen LogP contribution in [-0.4, -0.2) is 13.7 Å². The quantitative estimate of drug-likeness (QED) is 0.617. The van der Waals surface area contributed by atoms with Crippen LogP contribution in [0, 0.1) is 0 Å². The molecule has 1 aromatic carbocycles. The van der Waals surface area contributed by atoms with E-state index in [0.29, 0.717) is 0 Å². The smallest absolute Gasteiger partial charge is 0.119 e. The van der Waals surface area contributed by atoms with Crippen molar-refractivity contribution in [2.45, 2.75) is 38.6 Å². The number of allylic oxidation sites excluding steroid dienone is 1.